The van der Waals surface area contributed by atoms with E-state index < -0.39 is 71.9 Å². The molecule has 1 spiro atoms. The summed E-state index contributed by atoms with van der Waals surface area (Å²) in [5, 5.41) is 103. The quantitative estimate of drug-likeness (QED) is 0.0609. The number of benzene rings is 2. The molecule has 17 atom stereocenters. The maximum absolute atomic E-state index is 13.2. The van der Waals surface area contributed by atoms with E-state index in [-0.39, 0.29) is 92.3 Å². The number of carboxylic acids is 1. The molecule has 15 heteroatoms. The van der Waals surface area contributed by atoms with Crippen molar-refractivity contribution < 1.29 is 64.6 Å². The lowest BCUT2D eigenvalue weighted by Gasteiger charge is -2.52. The van der Waals surface area contributed by atoms with Gasteiger partial charge in [0.25, 0.3) is 0 Å². The minimum Gasteiger partial charge on any atom is -0.478 e. The Kier molecular flexibility index (Phi) is 15.9. The molecule has 1 saturated heterocycles. The van der Waals surface area contributed by atoms with Gasteiger partial charge in [-0.25, -0.2) is 4.79 Å². The van der Waals surface area contributed by atoms with Gasteiger partial charge in [0.1, 0.15) is 42.3 Å². The monoisotopic (exact) mass is 1000 g/mol. The number of ether oxygens (including phenoxy) is 4. The van der Waals surface area contributed by atoms with Gasteiger partial charge >= 0.3 is 5.97 Å². The molecule has 4 aliphatic carbocycles. The van der Waals surface area contributed by atoms with Gasteiger partial charge in [-0.1, -0.05) is 48.8 Å². The van der Waals surface area contributed by atoms with Gasteiger partial charge in [-0.05, 0) is 153 Å². The van der Waals surface area contributed by atoms with Crippen molar-refractivity contribution in [3.63, 3.8) is 0 Å². The van der Waals surface area contributed by atoms with Gasteiger partial charge in [-0.3, -0.25) is 0 Å². The van der Waals surface area contributed by atoms with Crippen LogP contribution >= 0.6 is 0 Å². The summed E-state index contributed by atoms with van der Waals surface area (Å²) in [5.41, 5.74) is -0.215. The SMILES string of the molecule is C=CCc1ccc(OC2OC3C(CCCO)OC#CCC(O)C(C4C=CC5C(O)(C4)CC4C(c6ccc(C(=O)O)cc6)CCC6CCCC645)CC2(O)C(O)C3O)cc1CC(COC)C(CO)n1ccc(C#N)c1. The van der Waals surface area contributed by atoms with Crippen molar-refractivity contribution in [2.24, 2.45) is 40.9 Å². The number of allylic oxidation sites excluding steroid dienone is 2. The van der Waals surface area contributed by atoms with E-state index in [1.54, 1.807) is 49.8 Å². The van der Waals surface area contributed by atoms with Crippen LogP contribution in [0, 0.1) is 64.3 Å². The Morgan fingerprint density at radius 2 is 1.85 bits per heavy atom. The zero-order valence-electron chi connectivity index (χ0n) is 41.6. The van der Waals surface area contributed by atoms with E-state index in [1.807, 2.05) is 28.8 Å². The van der Waals surface area contributed by atoms with Crippen LogP contribution in [-0.4, -0.2) is 126 Å². The van der Waals surface area contributed by atoms with Crippen LogP contribution in [0.5, 0.6) is 5.75 Å². The molecule has 10 rings (SSSR count). The molecule has 15 nitrogen and oxygen atoms in total. The van der Waals surface area contributed by atoms with Crippen molar-refractivity contribution in [2.75, 3.05) is 26.9 Å². The topological polar surface area (TPSA) is 245 Å². The summed E-state index contributed by atoms with van der Waals surface area (Å²) in [6.45, 7) is 3.80. The predicted molar refractivity (Wildman–Crippen MR) is 268 cm³/mol. The van der Waals surface area contributed by atoms with Gasteiger partial charge in [0.2, 0.25) is 6.29 Å². The van der Waals surface area contributed by atoms with E-state index in [1.165, 1.54) is 0 Å². The summed E-state index contributed by atoms with van der Waals surface area (Å²) in [6, 6.07) is 16.0. The van der Waals surface area contributed by atoms with Crippen LogP contribution in [-0.2, 0) is 27.1 Å². The molecule has 2 bridgehead atoms. The molecule has 2 aromatic carbocycles. The van der Waals surface area contributed by atoms with Crippen molar-refractivity contribution >= 4 is 5.97 Å². The number of aromatic nitrogens is 1. The highest BCUT2D eigenvalue weighted by molar-refractivity contribution is 5.87. The first-order valence-electron chi connectivity index (χ1n) is 26.2. The predicted octanol–water partition coefficient (Wildman–Crippen LogP) is 5.58. The zero-order valence-corrected chi connectivity index (χ0v) is 41.6. The number of aliphatic hydroxyl groups excluding tert-OH is 5. The van der Waals surface area contributed by atoms with Gasteiger partial charge in [-0.15, -0.1) is 6.58 Å². The number of methoxy groups -OCH3 is 1. The fourth-order valence-electron chi connectivity index (χ4n) is 14.7. The van der Waals surface area contributed by atoms with E-state index >= 15 is 0 Å². The highest BCUT2D eigenvalue weighted by Crippen LogP contribution is 2.72. The molecule has 0 radical (unpaired) electrons. The summed E-state index contributed by atoms with van der Waals surface area (Å²) in [5.74, 6) is 1.07. The Hall–Kier alpha value is -5.04. The molecule has 4 fully saturated rings. The van der Waals surface area contributed by atoms with Crippen molar-refractivity contribution in [3.8, 4) is 23.8 Å². The molecule has 1 aromatic heterocycles. The zero-order chi connectivity index (χ0) is 51.7. The second kappa shape index (κ2) is 22.0. The molecule has 0 amide bonds. The number of carboxylic acid groups (broad SMARTS) is 1. The molecule has 73 heavy (non-hydrogen) atoms. The van der Waals surface area contributed by atoms with E-state index in [0.717, 1.165) is 48.8 Å². The second-order valence-electron chi connectivity index (χ2n) is 21.9. The number of aromatic carboxylic acids is 1. The molecular weight excluding hydrogens is 933 g/mol. The second-order valence-corrected chi connectivity index (χ2v) is 21.9. The lowest BCUT2D eigenvalue weighted by molar-refractivity contribution is -0.334. The van der Waals surface area contributed by atoms with Gasteiger partial charge in [0.15, 0.2) is 5.60 Å². The lowest BCUT2D eigenvalue weighted by Crippen LogP contribution is -2.70. The van der Waals surface area contributed by atoms with Crippen LogP contribution in [0.2, 0.25) is 0 Å². The highest BCUT2D eigenvalue weighted by atomic mass is 16.7. The van der Waals surface area contributed by atoms with Gasteiger partial charge < -0.3 is 64.4 Å². The van der Waals surface area contributed by atoms with Crippen LogP contribution < -0.4 is 4.74 Å². The molecule has 3 aromatic rings. The molecule has 17 unspecified atom stereocenters. The first-order valence-corrected chi connectivity index (χ1v) is 26.2. The summed E-state index contributed by atoms with van der Waals surface area (Å²) < 4.78 is 26.8. The molecule has 3 aliphatic heterocycles. The fraction of sp³-hybridized carbons (Fsp3) is 0.586. The molecular formula is C58H72N2O13. The lowest BCUT2D eigenvalue weighted by atomic mass is 9.54. The summed E-state index contributed by atoms with van der Waals surface area (Å²) in [4.78, 5) is 11.8. The van der Waals surface area contributed by atoms with Gasteiger partial charge in [0.05, 0.1) is 42.1 Å². The first kappa shape index (κ1) is 52.8. The molecule has 392 valence electrons. The Bertz CT molecular complexity index is 2560. The van der Waals surface area contributed by atoms with Crippen molar-refractivity contribution in [1.29, 1.82) is 5.26 Å². The van der Waals surface area contributed by atoms with Crippen LogP contribution in [0.25, 0.3) is 0 Å². The maximum atomic E-state index is 13.2. The molecule has 4 heterocycles. The summed E-state index contributed by atoms with van der Waals surface area (Å²) >= 11 is 0. The molecule has 3 saturated carbocycles. The van der Waals surface area contributed by atoms with Crippen molar-refractivity contribution in [2.45, 2.75) is 143 Å². The van der Waals surface area contributed by atoms with E-state index in [9.17, 15) is 50.9 Å². The third-order valence-electron chi connectivity index (χ3n) is 18.1. The maximum Gasteiger partial charge on any atom is 0.335 e. The number of nitriles is 1. The molecule has 7 aliphatic rings. The third kappa shape index (κ3) is 10.0. The number of fused-ring (bicyclic) bond motifs is 9. The van der Waals surface area contributed by atoms with E-state index in [4.69, 9.17) is 18.9 Å². The highest BCUT2D eigenvalue weighted by Gasteiger charge is 2.69. The minimum atomic E-state index is -2.36. The smallest absolute Gasteiger partial charge is 0.335 e. The van der Waals surface area contributed by atoms with Crippen LogP contribution in [0.3, 0.4) is 0 Å². The number of hydrogen-bond acceptors (Lipinski definition) is 13. The number of rotatable bonds is 17. The van der Waals surface area contributed by atoms with E-state index in [0.29, 0.717) is 30.7 Å². The largest absolute Gasteiger partial charge is 0.478 e. The Balaban J connectivity index is 1.06. The Morgan fingerprint density at radius 1 is 1.04 bits per heavy atom. The Morgan fingerprint density at radius 3 is 2.56 bits per heavy atom. The first-order chi connectivity index (χ1) is 35.2. The van der Waals surface area contributed by atoms with Crippen molar-refractivity contribution in [1.82, 2.24) is 4.57 Å². The van der Waals surface area contributed by atoms with Crippen molar-refractivity contribution in [3.05, 3.63) is 114 Å². The standard InChI is InChI=1S/C58H72N2O13/c1-3-7-36-15-18-43(27-40(36)26-41(34-70-2)47(33-62)60-23-21-35(31-59)32-60)72-55-58(69)29-45(48(63)9-6-25-71-49(10-5-24-61)52(73-55)51(64)53(58)65)39-16-20-50-56(68,28-39)30-46-44(19-17-42-8-4-22-57(42,46)50)37-11-13-38(14-12-37)54(66)67/h3,11-16,18,20-21,23,27,32,39,41-42,44-53,55,61-65,68-69H,1,4-5,7-10,17,19,22,24,26,28-30,33-34H2,2H3,(H,66,67). The number of nitrogens with zero attached hydrogens (tertiary/aromatic N) is 2. The van der Waals surface area contributed by atoms with Crippen LogP contribution in [0.4, 0.5) is 0 Å². The normalized spacial score (nSPS) is 36.4. The fourth-order valence-corrected chi connectivity index (χ4v) is 14.7. The summed E-state index contributed by atoms with van der Waals surface area (Å²) in [7, 11) is 1.58. The Labute approximate surface area is 427 Å². The van der Waals surface area contributed by atoms with Gasteiger partial charge in [0, 0.05) is 44.4 Å². The number of hydrogen-bond donors (Lipinski definition) is 8. The average Bonchev–Trinajstić information content (AvgIpc) is 4.11. The van der Waals surface area contributed by atoms with E-state index in [2.05, 4.69) is 36.8 Å². The minimum absolute atomic E-state index is 0.0646. The van der Waals surface area contributed by atoms with Crippen LogP contribution in [0.1, 0.15) is 115 Å². The number of aliphatic hydroxyl groups is 7. The van der Waals surface area contributed by atoms with Crippen LogP contribution in [0.15, 0.2) is 85.7 Å². The van der Waals surface area contributed by atoms with Gasteiger partial charge in [-0.2, -0.15) is 5.26 Å². The summed E-state index contributed by atoms with van der Waals surface area (Å²) in [6.07, 6.45) is 10.2. The average molecular weight is 1010 g/mol. The third-order valence-corrected chi connectivity index (χ3v) is 18.1. The number of carbonyl (C=O) groups is 1. The molecule has 8 N–H and O–H groups in total.